The van der Waals surface area contributed by atoms with Crippen molar-refractivity contribution in [3.05, 3.63) is 35.4 Å². The van der Waals surface area contributed by atoms with Crippen LogP contribution < -0.4 is 11.1 Å². The normalized spacial score (nSPS) is 10.8. The van der Waals surface area contributed by atoms with Crippen molar-refractivity contribution in [2.45, 2.75) is 32.2 Å². The molecule has 0 radical (unpaired) electrons. The van der Waals surface area contributed by atoms with Crippen molar-refractivity contribution in [3.8, 4) is 0 Å². The summed E-state index contributed by atoms with van der Waals surface area (Å²) < 4.78 is 26.3. The molecular weight excluding hydrogens is 274 g/mol. The number of halogens is 3. The molecule has 0 aliphatic heterocycles. The van der Waals surface area contributed by atoms with Crippen molar-refractivity contribution in [3.63, 3.8) is 0 Å². The van der Waals surface area contributed by atoms with Gasteiger partial charge in [-0.05, 0) is 31.9 Å². The lowest BCUT2D eigenvalue weighted by Crippen LogP contribution is -2.48. The predicted molar refractivity (Wildman–Crippen MR) is 73.2 cm³/mol. The Morgan fingerprint density at radius 2 is 2.00 bits per heavy atom. The van der Waals surface area contributed by atoms with Gasteiger partial charge in [0, 0.05) is 18.5 Å². The zero-order chi connectivity index (χ0) is 13.8. The van der Waals surface area contributed by atoms with Gasteiger partial charge in [0.15, 0.2) is 11.6 Å². The third kappa shape index (κ3) is 5.53. The van der Waals surface area contributed by atoms with E-state index in [9.17, 15) is 13.6 Å². The van der Waals surface area contributed by atoms with E-state index in [0.717, 1.165) is 6.07 Å². The van der Waals surface area contributed by atoms with Crippen molar-refractivity contribution in [2.75, 3.05) is 6.54 Å². The Morgan fingerprint density at radius 1 is 1.37 bits per heavy atom. The Labute approximate surface area is 118 Å². The summed E-state index contributed by atoms with van der Waals surface area (Å²) in [5.74, 6) is -2.01. The monoisotopic (exact) mass is 292 g/mol. The number of hydrogen-bond donors (Lipinski definition) is 2. The molecule has 0 unspecified atom stereocenters. The molecule has 0 fully saturated rings. The van der Waals surface area contributed by atoms with Crippen molar-refractivity contribution < 1.29 is 13.6 Å². The number of carbonyl (C=O) groups is 1. The highest BCUT2D eigenvalue weighted by atomic mass is 35.5. The van der Waals surface area contributed by atoms with Crippen LogP contribution >= 0.6 is 12.4 Å². The van der Waals surface area contributed by atoms with E-state index in [1.54, 1.807) is 13.8 Å². The number of nitrogens with one attached hydrogen (secondary N) is 1. The maximum absolute atomic E-state index is 13.3. The Balaban J connectivity index is 0.00000324. The number of carbonyl (C=O) groups excluding carboxylic acids is 1. The molecule has 3 nitrogen and oxygen atoms in total. The highest BCUT2D eigenvalue weighted by Crippen LogP contribution is 2.13. The van der Waals surface area contributed by atoms with E-state index in [0.29, 0.717) is 6.54 Å². The van der Waals surface area contributed by atoms with E-state index >= 15 is 0 Å². The van der Waals surface area contributed by atoms with Gasteiger partial charge in [-0.3, -0.25) is 4.79 Å². The van der Waals surface area contributed by atoms with Crippen molar-refractivity contribution in [2.24, 2.45) is 5.73 Å². The van der Waals surface area contributed by atoms with Crippen molar-refractivity contribution in [1.29, 1.82) is 0 Å². The number of rotatable bonds is 5. The lowest BCUT2D eigenvalue weighted by atomic mass is 10.0. The first-order valence-corrected chi connectivity index (χ1v) is 5.80. The Morgan fingerprint density at radius 3 is 2.58 bits per heavy atom. The topological polar surface area (TPSA) is 55.1 Å². The Hall–Kier alpha value is -1.20. The molecule has 6 heteroatoms. The van der Waals surface area contributed by atoms with Crippen LogP contribution in [-0.2, 0) is 11.2 Å². The lowest BCUT2D eigenvalue weighted by molar-refractivity contribution is -0.122. The second-order valence-electron chi connectivity index (χ2n) is 4.85. The number of hydrogen-bond acceptors (Lipinski definition) is 2. The molecule has 0 spiro atoms. The van der Waals surface area contributed by atoms with E-state index in [2.05, 4.69) is 5.32 Å². The van der Waals surface area contributed by atoms with Crippen LogP contribution in [0, 0.1) is 11.6 Å². The SMILES string of the molecule is CC(C)(CN)NC(=O)CCc1cccc(F)c1F.Cl. The van der Waals surface area contributed by atoms with Gasteiger partial charge in [-0.15, -0.1) is 12.4 Å². The molecule has 1 rings (SSSR count). The number of benzene rings is 1. The van der Waals surface area contributed by atoms with Crippen LogP contribution in [0.25, 0.3) is 0 Å². The summed E-state index contributed by atoms with van der Waals surface area (Å²) in [6.45, 7) is 3.91. The molecule has 1 aromatic carbocycles. The molecule has 0 aliphatic carbocycles. The molecule has 1 amide bonds. The van der Waals surface area contributed by atoms with E-state index in [1.807, 2.05) is 0 Å². The molecule has 0 saturated carbocycles. The van der Waals surface area contributed by atoms with E-state index in [-0.39, 0.29) is 36.7 Å². The van der Waals surface area contributed by atoms with Gasteiger partial charge in [0.2, 0.25) is 5.91 Å². The second kappa shape index (κ2) is 7.40. The van der Waals surface area contributed by atoms with Crippen LogP contribution in [0.1, 0.15) is 25.8 Å². The van der Waals surface area contributed by atoms with Gasteiger partial charge in [0.25, 0.3) is 0 Å². The minimum atomic E-state index is -0.893. The van der Waals surface area contributed by atoms with Gasteiger partial charge in [-0.1, -0.05) is 12.1 Å². The molecule has 1 aromatic rings. The highest BCUT2D eigenvalue weighted by Gasteiger charge is 2.18. The number of amides is 1. The fraction of sp³-hybridized carbons (Fsp3) is 0.462. The van der Waals surface area contributed by atoms with Crippen LogP contribution in [0.15, 0.2) is 18.2 Å². The van der Waals surface area contributed by atoms with Crippen LogP contribution in [0.4, 0.5) is 8.78 Å². The quantitative estimate of drug-likeness (QED) is 0.874. The summed E-state index contributed by atoms with van der Waals surface area (Å²) in [5, 5.41) is 2.73. The Kier molecular flexibility index (Phi) is 6.94. The van der Waals surface area contributed by atoms with Gasteiger partial charge in [0.1, 0.15) is 0 Å². The minimum Gasteiger partial charge on any atom is -0.350 e. The Bertz CT molecular complexity index is 439. The van der Waals surface area contributed by atoms with Gasteiger partial charge in [-0.2, -0.15) is 0 Å². The first-order valence-electron chi connectivity index (χ1n) is 5.80. The third-order valence-corrected chi connectivity index (χ3v) is 2.64. The average molecular weight is 293 g/mol. The summed E-state index contributed by atoms with van der Waals surface area (Å²) in [5.41, 5.74) is 5.20. The van der Waals surface area contributed by atoms with Gasteiger partial charge in [-0.25, -0.2) is 8.78 Å². The fourth-order valence-electron chi connectivity index (χ4n) is 1.48. The first-order chi connectivity index (χ1) is 8.35. The summed E-state index contributed by atoms with van der Waals surface area (Å²) >= 11 is 0. The molecular formula is C13H19ClF2N2O. The standard InChI is InChI=1S/C13H18F2N2O.ClH/c1-13(2,8-16)17-11(18)7-6-9-4-3-5-10(14)12(9)15;/h3-5H,6-8,16H2,1-2H3,(H,17,18);1H. The molecule has 0 aromatic heterocycles. The van der Waals surface area contributed by atoms with Gasteiger partial charge >= 0.3 is 0 Å². The molecule has 0 atom stereocenters. The van der Waals surface area contributed by atoms with E-state index in [4.69, 9.17) is 5.73 Å². The summed E-state index contributed by atoms with van der Waals surface area (Å²) in [4.78, 5) is 11.6. The molecule has 0 bridgehead atoms. The maximum atomic E-state index is 13.3. The van der Waals surface area contributed by atoms with Crippen LogP contribution in [0.2, 0.25) is 0 Å². The van der Waals surface area contributed by atoms with E-state index in [1.165, 1.54) is 12.1 Å². The molecule has 108 valence electrons. The lowest BCUT2D eigenvalue weighted by Gasteiger charge is -2.24. The molecule has 0 saturated heterocycles. The molecule has 19 heavy (non-hydrogen) atoms. The van der Waals surface area contributed by atoms with Crippen LogP contribution in [0.3, 0.4) is 0 Å². The number of aryl methyl sites for hydroxylation is 1. The van der Waals surface area contributed by atoms with Crippen molar-refractivity contribution >= 4 is 18.3 Å². The molecule has 3 N–H and O–H groups in total. The minimum absolute atomic E-state index is 0. The highest BCUT2D eigenvalue weighted by molar-refractivity contribution is 5.85. The first kappa shape index (κ1) is 17.8. The fourth-order valence-corrected chi connectivity index (χ4v) is 1.48. The third-order valence-electron chi connectivity index (χ3n) is 2.64. The summed E-state index contributed by atoms with van der Waals surface area (Å²) in [7, 11) is 0. The van der Waals surface area contributed by atoms with Crippen molar-refractivity contribution in [1.82, 2.24) is 5.32 Å². The van der Waals surface area contributed by atoms with Gasteiger partial charge in [0.05, 0.1) is 0 Å². The van der Waals surface area contributed by atoms with Gasteiger partial charge < -0.3 is 11.1 Å². The van der Waals surface area contributed by atoms with Crippen LogP contribution in [0.5, 0.6) is 0 Å². The summed E-state index contributed by atoms with van der Waals surface area (Å²) in [6, 6.07) is 3.95. The van der Waals surface area contributed by atoms with E-state index < -0.39 is 17.2 Å². The number of nitrogens with two attached hydrogens (primary N) is 1. The largest absolute Gasteiger partial charge is 0.350 e. The maximum Gasteiger partial charge on any atom is 0.220 e. The molecule has 0 heterocycles. The van der Waals surface area contributed by atoms with Crippen LogP contribution in [-0.4, -0.2) is 18.0 Å². The zero-order valence-electron chi connectivity index (χ0n) is 11.0. The zero-order valence-corrected chi connectivity index (χ0v) is 11.8. The smallest absolute Gasteiger partial charge is 0.220 e. The average Bonchev–Trinajstić information content (AvgIpc) is 2.30. The second-order valence-corrected chi connectivity index (χ2v) is 4.85. The molecule has 0 aliphatic rings. The predicted octanol–water partition coefficient (Wildman–Crippen LogP) is 2.17. The summed E-state index contributed by atoms with van der Waals surface area (Å²) in [6.07, 6.45) is 0.264.